The summed E-state index contributed by atoms with van der Waals surface area (Å²) in [7, 11) is 0. The highest BCUT2D eigenvalue weighted by atomic mass is 19.2. The molecule has 0 spiro atoms. The minimum absolute atomic E-state index is 0.640. The maximum Gasteiger partial charge on any atom is 0.0293 e. The van der Waals surface area contributed by atoms with Gasteiger partial charge in [-0.25, -0.2) is 0 Å². The van der Waals surface area contributed by atoms with Gasteiger partial charge in [0.25, 0.3) is 0 Å². The zero-order valence-electron chi connectivity index (χ0n) is 7.23. The Morgan fingerprint density at radius 1 is 1.20 bits per heavy atom. The fraction of sp³-hybridized carbons (Fsp3) is 1.00. The van der Waals surface area contributed by atoms with E-state index in [0.717, 1.165) is 23.9 Å². The number of halogens is 1. The molecule has 0 aromatic rings. The van der Waals surface area contributed by atoms with Gasteiger partial charge in [0.15, 0.2) is 0 Å². The molecule has 1 saturated heterocycles. The number of piperidine rings is 1. The van der Waals surface area contributed by atoms with E-state index in [1.54, 1.807) is 0 Å². The van der Waals surface area contributed by atoms with Crippen molar-refractivity contribution >= 4 is 0 Å². The Bertz CT molecular complexity index is 57.7. The van der Waals surface area contributed by atoms with Crippen molar-refractivity contribution in [3.8, 4) is 0 Å². The van der Waals surface area contributed by atoms with E-state index in [1.165, 1.54) is 0 Å². The Morgan fingerprint density at radius 3 is 1.90 bits per heavy atom. The lowest BCUT2D eigenvalue weighted by molar-refractivity contribution is -0.00619. The van der Waals surface area contributed by atoms with Gasteiger partial charge in [-0.05, 0) is 18.8 Å². The van der Waals surface area contributed by atoms with Crippen LogP contribution in [0.25, 0.3) is 0 Å². The Hall–Kier alpha value is -0.110. The van der Waals surface area contributed by atoms with Gasteiger partial charge >= 0.3 is 0 Å². The molecule has 1 rings (SSSR count). The molecular formula is C8H18FN. The van der Waals surface area contributed by atoms with Crippen LogP contribution in [-0.4, -0.2) is 18.2 Å². The van der Waals surface area contributed by atoms with Crippen molar-refractivity contribution in [2.45, 2.75) is 33.6 Å². The molecule has 0 N–H and O–H groups in total. The average Bonchev–Trinajstić information content (AvgIpc) is 2.00. The molecule has 0 aromatic carbocycles. The van der Waals surface area contributed by atoms with Crippen LogP contribution in [0.3, 0.4) is 0 Å². The Balaban J connectivity index is 0.000000371. The molecule has 1 aliphatic heterocycles. The van der Waals surface area contributed by atoms with Gasteiger partial charge in [0.1, 0.15) is 0 Å². The van der Waals surface area contributed by atoms with Crippen molar-refractivity contribution in [2.75, 3.05) is 13.1 Å². The van der Waals surface area contributed by atoms with Crippen LogP contribution in [0, 0.1) is 5.92 Å². The summed E-state index contributed by atoms with van der Waals surface area (Å²) in [5.74, 6) is 0.738. The maximum absolute atomic E-state index is 12.2. The van der Waals surface area contributed by atoms with E-state index in [0.29, 0.717) is 13.1 Å². The first-order valence-corrected chi connectivity index (χ1v) is 4.20. The molecule has 0 aliphatic carbocycles. The van der Waals surface area contributed by atoms with Gasteiger partial charge in [0, 0.05) is 13.1 Å². The standard InChI is InChI=1S/C6H12FN.C2H6/c1-6-2-4-8(7)5-3-6;1-2/h6H,2-5H2,1H3;1-2H3. The lowest BCUT2D eigenvalue weighted by Crippen LogP contribution is -2.25. The second-order valence-corrected chi connectivity index (χ2v) is 2.59. The Kier molecular flexibility index (Phi) is 5.60. The van der Waals surface area contributed by atoms with Gasteiger partial charge in [-0.3, -0.25) is 0 Å². The zero-order chi connectivity index (χ0) is 7.98. The summed E-state index contributed by atoms with van der Waals surface area (Å²) in [6.07, 6.45) is 2.05. The van der Waals surface area contributed by atoms with Crippen molar-refractivity contribution in [3.63, 3.8) is 0 Å². The molecule has 1 aliphatic rings. The summed E-state index contributed by atoms with van der Waals surface area (Å²) in [5, 5.41) is 0.903. The summed E-state index contributed by atoms with van der Waals surface area (Å²) < 4.78 is 12.2. The van der Waals surface area contributed by atoms with Crippen LogP contribution in [0.5, 0.6) is 0 Å². The van der Waals surface area contributed by atoms with Crippen LogP contribution in [-0.2, 0) is 0 Å². The first-order valence-electron chi connectivity index (χ1n) is 4.20. The van der Waals surface area contributed by atoms with Crippen LogP contribution in [0.1, 0.15) is 33.6 Å². The van der Waals surface area contributed by atoms with E-state index in [4.69, 9.17) is 0 Å². The normalized spacial score (nSPS) is 21.6. The third-order valence-corrected chi connectivity index (χ3v) is 1.73. The van der Waals surface area contributed by atoms with Gasteiger partial charge in [-0.1, -0.05) is 20.8 Å². The topological polar surface area (TPSA) is 3.24 Å². The van der Waals surface area contributed by atoms with E-state index in [9.17, 15) is 4.48 Å². The zero-order valence-corrected chi connectivity index (χ0v) is 7.23. The summed E-state index contributed by atoms with van der Waals surface area (Å²) in [5.41, 5.74) is 0. The molecule has 10 heavy (non-hydrogen) atoms. The molecule has 0 aromatic heterocycles. The van der Waals surface area contributed by atoms with Crippen molar-refractivity contribution in [1.82, 2.24) is 5.12 Å². The molecule has 2 heteroatoms. The number of nitrogens with zero attached hydrogens (tertiary/aromatic N) is 1. The summed E-state index contributed by atoms with van der Waals surface area (Å²) in [6.45, 7) is 7.45. The van der Waals surface area contributed by atoms with Crippen LogP contribution in [0.4, 0.5) is 4.48 Å². The lowest BCUT2D eigenvalue weighted by atomic mass is 10.0. The molecule has 0 amide bonds. The predicted octanol–water partition coefficient (Wildman–Crippen LogP) is 2.63. The van der Waals surface area contributed by atoms with Crippen molar-refractivity contribution in [2.24, 2.45) is 5.92 Å². The summed E-state index contributed by atoms with van der Waals surface area (Å²) in [4.78, 5) is 0. The van der Waals surface area contributed by atoms with Crippen LogP contribution in [0.2, 0.25) is 0 Å². The minimum atomic E-state index is 0.640. The molecule has 0 unspecified atom stereocenters. The lowest BCUT2D eigenvalue weighted by Gasteiger charge is -2.22. The monoisotopic (exact) mass is 147 g/mol. The smallest absolute Gasteiger partial charge is 0.0293 e. The molecule has 0 bridgehead atoms. The summed E-state index contributed by atoms with van der Waals surface area (Å²) >= 11 is 0. The Morgan fingerprint density at radius 2 is 1.60 bits per heavy atom. The molecule has 0 saturated carbocycles. The molecule has 62 valence electrons. The third kappa shape index (κ3) is 3.83. The van der Waals surface area contributed by atoms with Crippen LogP contribution < -0.4 is 0 Å². The molecule has 1 fully saturated rings. The highest BCUT2D eigenvalue weighted by Crippen LogP contribution is 2.15. The quantitative estimate of drug-likeness (QED) is 0.476. The molecule has 1 heterocycles. The summed E-state index contributed by atoms with van der Waals surface area (Å²) in [6, 6.07) is 0. The molecular weight excluding hydrogens is 129 g/mol. The molecule has 1 nitrogen and oxygen atoms in total. The number of hydrogen-bond acceptors (Lipinski definition) is 1. The van der Waals surface area contributed by atoms with Gasteiger partial charge in [0.2, 0.25) is 0 Å². The average molecular weight is 147 g/mol. The molecule has 0 atom stereocenters. The van der Waals surface area contributed by atoms with Crippen LogP contribution in [0.15, 0.2) is 0 Å². The van der Waals surface area contributed by atoms with Gasteiger partial charge in [-0.15, -0.1) is 9.60 Å². The first-order chi connectivity index (χ1) is 4.79. The SMILES string of the molecule is CC.CC1CCN(F)CC1. The van der Waals surface area contributed by atoms with E-state index in [1.807, 2.05) is 13.8 Å². The van der Waals surface area contributed by atoms with E-state index >= 15 is 0 Å². The highest BCUT2D eigenvalue weighted by molar-refractivity contribution is 4.62. The van der Waals surface area contributed by atoms with Gasteiger partial charge in [0.05, 0.1) is 0 Å². The Labute approximate surface area is 63.2 Å². The predicted molar refractivity (Wildman–Crippen MR) is 42.4 cm³/mol. The van der Waals surface area contributed by atoms with E-state index in [2.05, 4.69) is 6.92 Å². The third-order valence-electron chi connectivity index (χ3n) is 1.73. The second kappa shape index (κ2) is 5.66. The largest absolute Gasteiger partial charge is 0.146 e. The van der Waals surface area contributed by atoms with Crippen LogP contribution >= 0.6 is 0 Å². The molecule has 0 radical (unpaired) electrons. The van der Waals surface area contributed by atoms with E-state index in [-0.39, 0.29) is 0 Å². The highest BCUT2D eigenvalue weighted by Gasteiger charge is 2.13. The fourth-order valence-corrected chi connectivity index (χ4v) is 0.977. The van der Waals surface area contributed by atoms with Crippen molar-refractivity contribution < 1.29 is 4.48 Å². The number of hydrogen-bond donors (Lipinski definition) is 0. The second-order valence-electron chi connectivity index (χ2n) is 2.59. The van der Waals surface area contributed by atoms with E-state index < -0.39 is 0 Å². The maximum atomic E-state index is 12.2. The minimum Gasteiger partial charge on any atom is -0.146 e. The number of rotatable bonds is 0. The van der Waals surface area contributed by atoms with Crippen molar-refractivity contribution in [1.29, 1.82) is 0 Å². The van der Waals surface area contributed by atoms with Gasteiger partial charge < -0.3 is 0 Å². The van der Waals surface area contributed by atoms with Gasteiger partial charge in [-0.2, -0.15) is 0 Å². The fourth-order valence-electron chi connectivity index (χ4n) is 0.977. The van der Waals surface area contributed by atoms with Crippen molar-refractivity contribution in [3.05, 3.63) is 0 Å². The first kappa shape index (κ1) is 9.89.